The maximum absolute atomic E-state index is 12.0. The fourth-order valence-corrected chi connectivity index (χ4v) is 4.63. The molecule has 2 aromatic carbocycles. The number of hydrogen-bond donors (Lipinski definition) is 1. The lowest BCUT2D eigenvalue weighted by Gasteiger charge is -2.42. The highest BCUT2D eigenvalue weighted by Gasteiger charge is 2.52. The van der Waals surface area contributed by atoms with Crippen LogP contribution in [-0.2, 0) is 41.7 Å². The van der Waals surface area contributed by atoms with Gasteiger partial charge in [-0.1, -0.05) is 60.7 Å². The molecule has 1 saturated carbocycles. The van der Waals surface area contributed by atoms with Gasteiger partial charge in [-0.2, -0.15) is 8.42 Å². The Labute approximate surface area is 187 Å². The van der Waals surface area contributed by atoms with Gasteiger partial charge in [0.15, 0.2) is 0 Å². The van der Waals surface area contributed by atoms with Crippen molar-refractivity contribution >= 4 is 16.2 Å². The number of fused-ring (bicyclic) bond motifs is 1. The minimum atomic E-state index is -3.64. The summed E-state index contributed by atoms with van der Waals surface area (Å²) in [6.45, 7) is 0.554. The van der Waals surface area contributed by atoms with Crippen LogP contribution < -0.4 is 5.32 Å². The van der Waals surface area contributed by atoms with E-state index in [-0.39, 0.29) is 12.5 Å². The van der Waals surface area contributed by atoms with E-state index in [2.05, 4.69) is 5.32 Å². The van der Waals surface area contributed by atoms with Crippen LogP contribution in [0.5, 0.6) is 0 Å². The van der Waals surface area contributed by atoms with Crippen molar-refractivity contribution in [2.24, 2.45) is 5.92 Å². The summed E-state index contributed by atoms with van der Waals surface area (Å²) in [4.78, 5) is 12.0. The molecule has 1 aliphatic carbocycles. The predicted octanol–water partition coefficient (Wildman–Crippen LogP) is 2.63. The Hall–Kier alpha value is -2.46. The highest BCUT2D eigenvalue weighted by atomic mass is 32.2. The molecule has 2 fully saturated rings. The molecule has 0 radical (unpaired) electrons. The topological polar surface area (TPSA) is 100 Å². The Bertz CT molecular complexity index is 1000. The van der Waals surface area contributed by atoms with Gasteiger partial charge in [-0.3, -0.25) is 4.18 Å². The van der Waals surface area contributed by atoms with Crippen molar-refractivity contribution in [2.75, 3.05) is 12.9 Å². The third-order valence-corrected chi connectivity index (χ3v) is 6.25. The summed E-state index contributed by atoms with van der Waals surface area (Å²) in [6.07, 6.45) is -0.600. The molecular formula is C23H27NO7S. The van der Waals surface area contributed by atoms with Crippen LogP contribution in [0.4, 0.5) is 4.79 Å². The molecule has 2 aromatic rings. The second-order valence-corrected chi connectivity index (χ2v) is 9.76. The summed E-state index contributed by atoms with van der Waals surface area (Å²) in [5, 5.41) is 2.84. The molecule has 8 nitrogen and oxygen atoms in total. The predicted molar refractivity (Wildman–Crippen MR) is 116 cm³/mol. The highest BCUT2D eigenvalue weighted by molar-refractivity contribution is 7.85. The van der Waals surface area contributed by atoms with Crippen LogP contribution in [0.2, 0.25) is 0 Å². The van der Waals surface area contributed by atoms with Crippen molar-refractivity contribution in [3.05, 3.63) is 71.8 Å². The Kier molecular flexibility index (Phi) is 7.10. The average molecular weight is 462 g/mol. The molecule has 0 aromatic heterocycles. The van der Waals surface area contributed by atoms with Crippen molar-refractivity contribution in [3.63, 3.8) is 0 Å². The summed E-state index contributed by atoms with van der Waals surface area (Å²) in [5.74, 6) is -0.344. The molecule has 1 N–H and O–H groups in total. The molecule has 1 heterocycles. The van der Waals surface area contributed by atoms with E-state index in [1.54, 1.807) is 0 Å². The number of amides is 1. The van der Waals surface area contributed by atoms with Gasteiger partial charge in [-0.05, 0) is 17.5 Å². The maximum Gasteiger partial charge on any atom is 0.407 e. The second kappa shape index (κ2) is 9.99. The Balaban J connectivity index is 1.57. The number of carbonyl (C=O) groups is 1. The van der Waals surface area contributed by atoms with Gasteiger partial charge < -0.3 is 19.5 Å². The first-order chi connectivity index (χ1) is 15.4. The fraction of sp³-hybridized carbons (Fsp3) is 0.435. The largest absolute Gasteiger partial charge is 0.444 e. The standard InChI is InChI=1S/C23H27NO7S/c1-32(26,27)30-15-18-12-19-20(24-23(25)31-19)22(29-14-17-10-6-3-7-11-17)21(18)28-13-16-8-4-2-5-9-16/h2-11,18-22H,12-15H2,1H3,(H,24,25)/t18-,19+,20+,21-,22-/m1/s1. The van der Waals surface area contributed by atoms with Crippen LogP contribution in [0.3, 0.4) is 0 Å². The molecule has 32 heavy (non-hydrogen) atoms. The van der Waals surface area contributed by atoms with E-state index in [1.807, 2.05) is 60.7 Å². The number of rotatable bonds is 9. The molecule has 1 amide bonds. The number of alkyl carbamates (subject to hydrolysis) is 1. The van der Waals surface area contributed by atoms with Crippen LogP contribution >= 0.6 is 0 Å². The molecule has 1 saturated heterocycles. The van der Waals surface area contributed by atoms with Crippen molar-refractivity contribution in [1.82, 2.24) is 5.32 Å². The van der Waals surface area contributed by atoms with Crippen molar-refractivity contribution in [3.8, 4) is 0 Å². The lowest BCUT2D eigenvalue weighted by atomic mass is 9.79. The molecule has 9 heteroatoms. The molecule has 0 spiro atoms. The quantitative estimate of drug-likeness (QED) is 0.573. The third-order valence-electron chi connectivity index (χ3n) is 5.69. The summed E-state index contributed by atoms with van der Waals surface area (Å²) in [5.41, 5.74) is 1.96. The van der Waals surface area contributed by atoms with Gasteiger partial charge in [0.25, 0.3) is 10.1 Å². The lowest BCUT2D eigenvalue weighted by Crippen LogP contribution is -2.58. The van der Waals surface area contributed by atoms with Crippen LogP contribution in [0.15, 0.2) is 60.7 Å². The van der Waals surface area contributed by atoms with Crippen molar-refractivity contribution in [2.45, 2.75) is 44.0 Å². The van der Waals surface area contributed by atoms with Gasteiger partial charge in [0.1, 0.15) is 12.2 Å². The van der Waals surface area contributed by atoms with E-state index in [1.165, 1.54) is 0 Å². The van der Waals surface area contributed by atoms with Gasteiger partial charge in [0, 0.05) is 5.92 Å². The third kappa shape index (κ3) is 5.86. The zero-order valence-corrected chi connectivity index (χ0v) is 18.6. The average Bonchev–Trinajstić information content (AvgIpc) is 3.15. The van der Waals surface area contributed by atoms with Gasteiger partial charge in [0.2, 0.25) is 0 Å². The van der Waals surface area contributed by atoms with E-state index in [0.717, 1.165) is 17.4 Å². The Morgan fingerprint density at radius 3 is 2.06 bits per heavy atom. The summed E-state index contributed by atoms with van der Waals surface area (Å²) in [6, 6.07) is 19.0. The Morgan fingerprint density at radius 1 is 0.938 bits per heavy atom. The molecule has 4 rings (SSSR count). The minimum Gasteiger partial charge on any atom is -0.444 e. The normalized spacial score (nSPS) is 27.4. The van der Waals surface area contributed by atoms with Gasteiger partial charge in [-0.15, -0.1) is 0 Å². The SMILES string of the molecule is CS(=O)(=O)OC[C@H]1C[C@@H]2OC(=O)N[C@@H]2[C@@H](OCc2ccccc2)[C@@H]1OCc1ccccc1. The maximum atomic E-state index is 12.0. The highest BCUT2D eigenvalue weighted by Crippen LogP contribution is 2.35. The molecular weight excluding hydrogens is 434 g/mol. The smallest absolute Gasteiger partial charge is 0.407 e. The van der Waals surface area contributed by atoms with Crippen LogP contribution in [-0.4, -0.2) is 51.7 Å². The van der Waals surface area contributed by atoms with Crippen LogP contribution in [0.1, 0.15) is 17.5 Å². The van der Waals surface area contributed by atoms with Crippen LogP contribution in [0, 0.1) is 5.92 Å². The fourth-order valence-electron chi connectivity index (χ4n) is 4.20. The second-order valence-electron chi connectivity index (χ2n) is 8.12. The first kappa shape index (κ1) is 22.7. The van der Waals surface area contributed by atoms with Gasteiger partial charge >= 0.3 is 6.09 Å². The Morgan fingerprint density at radius 2 is 1.50 bits per heavy atom. The van der Waals surface area contributed by atoms with E-state index in [0.29, 0.717) is 19.6 Å². The summed E-state index contributed by atoms with van der Waals surface area (Å²) in [7, 11) is -3.64. The van der Waals surface area contributed by atoms with E-state index < -0.39 is 40.6 Å². The molecule has 172 valence electrons. The number of nitrogens with one attached hydrogen (secondary N) is 1. The van der Waals surface area contributed by atoms with E-state index in [9.17, 15) is 13.2 Å². The van der Waals surface area contributed by atoms with Gasteiger partial charge in [0.05, 0.1) is 38.2 Å². The summed E-state index contributed by atoms with van der Waals surface area (Å²) < 4.78 is 46.4. The summed E-state index contributed by atoms with van der Waals surface area (Å²) >= 11 is 0. The first-order valence-electron chi connectivity index (χ1n) is 10.5. The molecule has 0 unspecified atom stereocenters. The molecule has 1 aliphatic heterocycles. The van der Waals surface area contributed by atoms with E-state index in [4.69, 9.17) is 18.4 Å². The van der Waals surface area contributed by atoms with Gasteiger partial charge in [-0.25, -0.2) is 4.79 Å². The number of ether oxygens (including phenoxy) is 3. The monoisotopic (exact) mass is 461 g/mol. The lowest BCUT2D eigenvalue weighted by molar-refractivity contribution is -0.156. The first-order valence-corrected chi connectivity index (χ1v) is 12.3. The zero-order chi connectivity index (χ0) is 22.6. The van der Waals surface area contributed by atoms with Crippen molar-refractivity contribution < 1.29 is 31.6 Å². The molecule has 5 atom stereocenters. The van der Waals surface area contributed by atoms with Crippen LogP contribution in [0.25, 0.3) is 0 Å². The number of hydrogen-bond acceptors (Lipinski definition) is 7. The van der Waals surface area contributed by atoms with E-state index >= 15 is 0 Å². The zero-order valence-electron chi connectivity index (χ0n) is 17.8. The molecule has 0 bridgehead atoms. The number of benzene rings is 2. The number of carbonyl (C=O) groups excluding carboxylic acids is 1. The minimum absolute atomic E-state index is 0.0791. The van der Waals surface area contributed by atoms with Crippen molar-refractivity contribution in [1.29, 1.82) is 0 Å². The molecule has 2 aliphatic rings.